The Morgan fingerprint density at radius 2 is 1.84 bits per heavy atom. The zero-order valence-electron chi connectivity index (χ0n) is 10.2. The van der Waals surface area contributed by atoms with Gasteiger partial charge in [-0.2, -0.15) is 0 Å². The minimum Gasteiger partial charge on any atom is -0.289 e. The second kappa shape index (κ2) is 4.74. The number of hydrogen-bond donors (Lipinski definition) is 0. The summed E-state index contributed by atoms with van der Waals surface area (Å²) in [7, 11) is 0. The molecule has 1 aromatic carbocycles. The second-order valence-electron chi connectivity index (χ2n) is 4.76. The minimum absolute atomic E-state index is 0.0717. The first-order chi connectivity index (χ1) is 9.22. The lowest BCUT2D eigenvalue weighted by atomic mass is 9.85. The number of carbonyl (C=O) groups is 2. The number of Topliss-reactive ketones (excluding diaryl/α,β-unsaturated/α-hetero) is 2. The van der Waals surface area contributed by atoms with Crippen molar-refractivity contribution in [3.63, 3.8) is 0 Å². The smallest absolute Gasteiger partial charge is 0.212 e. The third kappa shape index (κ3) is 1.94. The highest BCUT2D eigenvalue weighted by molar-refractivity contribution is 6.27. The van der Waals surface area contributed by atoms with Gasteiger partial charge in [0, 0.05) is 34.7 Å². The van der Waals surface area contributed by atoms with Crippen molar-refractivity contribution in [3.05, 3.63) is 46.7 Å². The van der Waals surface area contributed by atoms with Crippen LogP contribution in [0.3, 0.4) is 0 Å². The lowest BCUT2D eigenvalue weighted by Crippen LogP contribution is -2.20. The highest BCUT2D eigenvalue weighted by atomic mass is 35.5. The van der Waals surface area contributed by atoms with Gasteiger partial charge in [-0.05, 0) is 12.8 Å². The molecule has 1 aromatic rings. The Labute approximate surface area is 116 Å². The summed E-state index contributed by atoms with van der Waals surface area (Å²) >= 11 is 5.83. The van der Waals surface area contributed by atoms with Gasteiger partial charge >= 0.3 is 0 Å². The van der Waals surface area contributed by atoms with E-state index in [0.717, 1.165) is 6.42 Å². The monoisotopic (exact) mass is 273 g/mol. The fraction of sp³-hybridized carbons (Fsp3) is 0.267. The molecule has 4 heteroatoms. The van der Waals surface area contributed by atoms with Crippen LogP contribution in [0.5, 0.6) is 0 Å². The predicted molar refractivity (Wildman–Crippen MR) is 74.1 cm³/mol. The van der Waals surface area contributed by atoms with Gasteiger partial charge in [0.25, 0.3) is 0 Å². The lowest BCUT2D eigenvalue weighted by molar-refractivity contribution is 0.0971. The van der Waals surface area contributed by atoms with Crippen LogP contribution < -0.4 is 0 Å². The van der Waals surface area contributed by atoms with E-state index in [2.05, 4.69) is 4.99 Å². The standard InChI is InChI=1S/C15H12ClNO2/c16-7-9-5-6-12-13(17-8-9)15(19)11-4-2-1-3-10(11)14(12)18/h1-4,8-9H,5-7H2. The van der Waals surface area contributed by atoms with E-state index >= 15 is 0 Å². The fourth-order valence-corrected chi connectivity index (χ4v) is 2.72. The molecule has 0 amide bonds. The van der Waals surface area contributed by atoms with E-state index < -0.39 is 0 Å². The van der Waals surface area contributed by atoms with Crippen LogP contribution >= 0.6 is 11.6 Å². The Bertz CT molecular complexity index is 631. The maximum Gasteiger partial charge on any atom is 0.212 e. The Kier molecular flexibility index (Phi) is 3.07. The molecule has 0 N–H and O–H groups in total. The van der Waals surface area contributed by atoms with Crippen LogP contribution in [0.15, 0.2) is 40.5 Å². The largest absolute Gasteiger partial charge is 0.289 e. The fourth-order valence-electron chi connectivity index (χ4n) is 2.48. The summed E-state index contributed by atoms with van der Waals surface area (Å²) in [6, 6.07) is 6.92. The Morgan fingerprint density at radius 3 is 2.53 bits per heavy atom. The molecule has 0 spiro atoms. The number of halogens is 1. The third-order valence-corrected chi connectivity index (χ3v) is 3.97. The Balaban J connectivity index is 2.10. The van der Waals surface area contributed by atoms with Gasteiger partial charge in [-0.1, -0.05) is 24.3 Å². The second-order valence-corrected chi connectivity index (χ2v) is 5.07. The number of allylic oxidation sites excluding steroid dienone is 2. The van der Waals surface area contributed by atoms with Gasteiger partial charge in [-0.15, -0.1) is 11.6 Å². The lowest BCUT2D eigenvalue weighted by Gasteiger charge is -2.17. The summed E-state index contributed by atoms with van der Waals surface area (Å²) < 4.78 is 0. The number of alkyl halides is 1. The average molecular weight is 274 g/mol. The normalized spacial score (nSPS) is 22.1. The van der Waals surface area contributed by atoms with Crippen LogP contribution in [0.25, 0.3) is 0 Å². The molecule has 1 atom stereocenters. The van der Waals surface area contributed by atoms with E-state index in [1.54, 1.807) is 30.5 Å². The molecule has 3 rings (SSSR count). The van der Waals surface area contributed by atoms with Crippen molar-refractivity contribution in [1.29, 1.82) is 0 Å². The summed E-state index contributed by atoms with van der Waals surface area (Å²) in [6.07, 6.45) is 3.02. The Morgan fingerprint density at radius 1 is 1.16 bits per heavy atom. The van der Waals surface area contributed by atoms with Gasteiger partial charge in [0.05, 0.1) is 0 Å². The molecule has 96 valence electrons. The number of hydrogen-bond acceptors (Lipinski definition) is 3. The predicted octanol–water partition coefficient (Wildman–Crippen LogP) is 3.04. The number of fused-ring (bicyclic) bond motifs is 1. The van der Waals surface area contributed by atoms with Crippen LogP contribution in [0.4, 0.5) is 0 Å². The van der Waals surface area contributed by atoms with Gasteiger partial charge in [-0.3, -0.25) is 14.6 Å². The van der Waals surface area contributed by atoms with Gasteiger partial charge in [0.1, 0.15) is 5.70 Å². The first-order valence-electron chi connectivity index (χ1n) is 6.24. The molecule has 0 radical (unpaired) electrons. The quantitative estimate of drug-likeness (QED) is 0.738. The highest BCUT2D eigenvalue weighted by Crippen LogP contribution is 2.32. The van der Waals surface area contributed by atoms with E-state index in [1.165, 1.54) is 0 Å². The molecule has 0 saturated carbocycles. The molecular formula is C15H12ClNO2. The number of ketones is 2. The molecule has 1 heterocycles. The molecule has 0 aromatic heterocycles. The van der Waals surface area contributed by atoms with Crippen LogP contribution in [0, 0.1) is 5.92 Å². The van der Waals surface area contributed by atoms with Crippen molar-refractivity contribution >= 4 is 29.4 Å². The van der Waals surface area contributed by atoms with E-state index in [1.807, 2.05) is 0 Å². The van der Waals surface area contributed by atoms with Crippen molar-refractivity contribution in [2.24, 2.45) is 10.9 Å². The van der Waals surface area contributed by atoms with Gasteiger partial charge in [0.15, 0.2) is 5.78 Å². The van der Waals surface area contributed by atoms with Crippen molar-refractivity contribution in [2.75, 3.05) is 5.88 Å². The summed E-state index contributed by atoms with van der Waals surface area (Å²) in [6.45, 7) is 0. The molecular weight excluding hydrogens is 262 g/mol. The molecule has 1 aliphatic carbocycles. The Hall–Kier alpha value is -1.74. The molecule has 2 aliphatic rings. The van der Waals surface area contributed by atoms with Crippen molar-refractivity contribution in [3.8, 4) is 0 Å². The molecule has 0 saturated heterocycles. The number of carbonyl (C=O) groups excluding carboxylic acids is 2. The molecule has 3 nitrogen and oxygen atoms in total. The van der Waals surface area contributed by atoms with Crippen molar-refractivity contribution in [1.82, 2.24) is 0 Å². The zero-order valence-corrected chi connectivity index (χ0v) is 11.0. The summed E-state index contributed by atoms with van der Waals surface area (Å²) in [4.78, 5) is 29.0. The SMILES string of the molecule is O=C1C2=C(N=CC(CCl)CC2)C(=O)c2ccccc21. The topological polar surface area (TPSA) is 46.5 Å². The maximum absolute atomic E-state index is 12.4. The first kappa shape index (κ1) is 12.3. The van der Waals surface area contributed by atoms with E-state index in [-0.39, 0.29) is 17.5 Å². The number of benzene rings is 1. The van der Waals surface area contributed by atoms with Crippen molar-refractivity contribution < 1.29 is 9.59 Å². The van der Waals surface area contributed by atoms with Gasteiger partial charge in [-0.25, -0.2) is 0 Å². The van der Waals surface area contributed by atoms with Gasteiger partial charge in [0.2, 0.25) is 5.78 Å². The molecule has 0 bridgehead atoms. The minimum atomic E-state index is -0.156. The van der Waals surface area contributed by atoms with Crippen LogP contribution in [-0.4, -0.2) is 23.7 Å². The summed E-state index contributed by atoms with van der Waals surface area (Å²) in [5.74, 6) is 0.351. The molecule has 1 aliphatic heterocycles. The molecule has 0 fully saturated rings. The maximum atomic E-state index is 12.4. The van der Waals surface area contributed by atoms with E-state index in [4.69, 9.17) is 11.6 Å². The number of nitrogens with zero attached hydrogens (tertiary/aromatic N) is 1. The third-order valence-electron chi connectivity index (χ3n) is 3.57. The average Bonchev–Trinajstić information content (AvgIpc) is 2.67. The number of aliphatic imine (C=N–C) groups is 1. The van der Waals surface area contributed by atoms with E-state index in [0.29, 0.717) is 34.7 Å². The van der Waals surface area contributed by atoms with Crippen LogP contribution in [0.1, 0.15) is 33.6 Å². The first-order valence-corrected chi connectivity index (χ1v) is 6.77. The highest BCUT2D eigenvalue weighted by Gasteiger charge is 2.32. The number of rotatable bonds is 1. The zero-order chi connectivity index (χ0) is 13.4. The molecule has 19 heavy (non-hydrogen) atoms. The molecule has 1 unspecified atom stereocenters. The van der Waals surface area contributed by atoms with Crippen molar-refractivity contribution in [2.45, 2.75) is 12.8 Å². The van der Waals surface area contributed by atoms with Crippen LogP contribution in [0.2, 0.25) is 0 Å². The van der Waals surface area contributed by atoms with Gasteiger partial charge < -0.3 is 0 Å². The van der Waals surface area contributed by atoms with E-state index in [9.17, 15) is 9.59 Å². The van der Waals surface area contributed by atoms with Crippen LogP contribution in [-0.2, 0) is 0 Å². The summed E-state index contributed by atoms with van der Waals surface area (Å²) in [5.41, 5.74) is 1.78. The summed E-state index contributed by atoms with van der Waals surface area (Å²) in [5, 5.41) is 0.